The summed E-state index contributed by atoms with van der Waals surface area (Å²) in [6, 6.07) is 0. The maximum Gasteiger partial charge on any atom is 0.136 e. The highest BCUT2D eigenvalue weighted by molar-refractivity contribution is 5.83. The number of fused-ring (bicyclic) bond motifs is 5. The minimum absolute atomic E-state index is 0.193. The zero-order valence-electron chi connectivity index (χ0n) is 20.1. The van der Waals surface area contributed by atoms with Gasteiger partial charge in [0.05, 0.1) is 11.7 Å². The van der Waals surface area contributed by atoms with Crippen molar-refractivity contribution in [3.8, 4) is 0 Å². The third kappa shape index (κ3) is 3.81. The summed E-state index contributed by atoms with van der Waals surface area (Å²) in [6.07, 6.45) is 11.5. The molecule has 1 unspecified atom stereocenters. The first kappa shape index (κ1) is 22.8. The monoisotopic (exact) mass is 418 g/mol. The number of hydrogen-bond acceptors (Lipinski definition) is 3. The van der Waals surface area contributed by atoms with E-state index in [4.69, 9.17) is 0 Å². The number of aliphatic hydroxyl groups is 2. The van der Waals surface area contributed by atoms with Crippen LogP contribution in [0.5, 0.6) is 0 Å². The minimum Gasteiger partial charge on any atom is -0.393 e. The van der Waals surface area contributed by atoms with E-state index in [1.165, 1.54) is 32.1 Å². The Hall–Kier alpha value is -0.410. The third-order valence-electron chi connectivity index (χ3n) is 10.7. The van der Waals surface area contributed by atoms with Gasteiger partial charge in [0, 0.05) is 12.3 Å². The molecule has 0 aromatic carbocycles. The molecule has 4 aliphatic rings. The van der Waals surface area contributed by atoms with Gasteiger partial charge in [0.2, 0.25) is 0 Å². The summed E-state index contributed by atoms with van der Waals surface area (Å²) in [5.41, 5.74) is 0.00582. The molecule has 0 aliphatic heterocycles. The van der Waals surface area contributed by atoms with Crippen LogP contribution >= 0.6 is 0 Å². The Labute approximate surface area is 184 Å². The van der Waals surface area contributed by atoms with Crippen LogP contribution < -0.4 is 0 Å². The summed E-state index contributed by atoms with van der Waals surface area (Å²) in [6.45, 7) is 11.2. The Morgan fingerprint density at radius 2 is 1.73 bits per heavy atom. The van der Waals surface area contributed by atoms with Crippen LogP contribution in [0.3, 0.4) is 0 Å². The number of ketones is 1. The second-order valence-corrected chi connectivity index (χ2v) is 13.0. The highest BCUT2D eigenvalue weighted by Crippen LogP contribution is 2.67. The third-order valence-corrected chi connectivity index (χ3v) is 10.7. The zero-order chi connectivity index (χ0) is 21.9. The normalized spacial score (nSPS) is 47.4. The highest BCUT2D eigenvalue weighted by Gasteiger charge is 2.62. The molecule has 4 aliphatic carbocycles. The summed E-state index contributed by atoms with van der Waals surface area (Å²) in [5.74, 6) is 3.70. The van der Waals surface area contributed by atoms with E-state index in [-0.39, 0.29) is 17.4 Å². The van der Waals surface area contributed by atoms with E-state index < -0.39 is 5.60 Å². The van der Waals surface area contributed by atoms with Gasteiger partial charge in [-0.25, -0.2) is 0 Å². The van der Waals surface area contributed by atoms with E-state index in [9.17, 15) is 15.0 Å². The molecule has 0 spiro atoms. The van der Waals surface area contributed by atoms with E-state index in [1.54, 1.807) is 0 Å². The largest absolute Gasteiger partial charge is 0.393 e. The van der Waals surface area contributed by atoms with Crippen LogP contribution in [0.15, 0.2) is 0 Å². The van der Waals surface area contributed by atoms with E-state index in [0.29, 0.717) is 41.3 Å². The van der Waals surface area contributed by atoms with Gasteiger partial charge >= 0.3 is 0 Å². The Morgan fingerprint density at radius 3 is 2.43 bits per heavy atom. The topological polar surface area (TPSA) is 57.5 Å². The lowest BCUT2D eigenvalue weighted by molar-refractivity contribution is -0.160. The number of carbonyl (C=O) groups excluding carboxylic acids is 1. The van der Waals surface area contributed by atoms with Crippen LogP contribution in [0.4, 0.5) is 0 Å². The van der Waals surface area contributed by atoms with E-state index in [1.807, 2.05) is 13.8 Å². The molecule has 0 heterocycles. The molecule has 0 saturated heterocycles. The molecule has 30 heavy (non-hydrogen) atoms. The summed E-state index contributed by atoms with van der Waals surface area (Å²) >= 11 is 0. The van der Waals surface area contributed by atoms with Crippen molar-refractivity contribution in [2.75, 3.05) is 0 Å². The van der Waals surface area contributed by atoms with Gasteiger partial charge in [-0.15, -0.1) is 0 Å². The molecule has 4 fully saturated rings. The van der Waals surface area contributed by atoms with Crippen molar-refractivity contribution in [2.45, 2.75) is 117 Å². The number of Topliss-reactive ketones (excluding diaryl/α,β-unsaturated/α-hetero) is 1. The maximum absolute atomic E-state index is 13.5. The fourth-order valence-corrected chi connectivity index (χ4v) is 8.94. The molecule has 172 valence electrons. The minimum atomic E-state index is -0.562. The van der Waals surface area contributed by atoms with E-state index >= 15 is 0 Å². The lowest BCUT2D eigenvalue weighted by Gasteiger charge is -2.60. The summed E-state index contributed by atoms with van der Waals surface area (Å²) in [7, 11) is 0. The SMILES string of the molecule is CC(CCCC(C)(C)O)[C@H]1CC[C@H]2[C@@H]3C(=O)C[C@H]4C[C@@H](O)CC[C@]4(C)[C@H]3CC[C@]12C. The standard InChI is InChI=1S/C27H46O3/c1-17(7-6-12-25(2,3)30)20-8-9-21-24-22(11-14-27(20,21)5)26(4)13-10-19(28)15-18(26)16-23(24)29/h17-22,24,28,30H,6-16H2,1-5H3/t17?,18-,19+,20-,21+,22+,24+,26+,27-/m1/s1. The maximum atomic E-state index is 13.5. The molecule has 3 nitrogen and oxygen atoms in total. The highest BCUT2D eigenvalue weighted by atomic mass is 16.3. The van der Waals surface area contributed by atoms with Crippen molar-refractivity contribution in [1.29, 1.82) is 0 Å². The van der Waals surface area contributed by atoms with Crippen molar-refractivity contribution < 1.29 is 15.0 Å². The van der Waals surface area contributed by atoms with Crippen molar-refractivity contribution in [1.82, 2.24) is 0 Å². The van der Waals surface area contributed by atoms with Crippen LogP contribution in [0, 0.1) is 46.3 Å². The Bertz CT molecular complexity index is 651. The number of hydrogen-bond donors (Lipinski definition) is 2. The molecule has 0 aromatic heterocycles. The Balaban J connectivity index is 1.49. The van der Waals surface area contributed by atoms with Crippen LogP contribution in [0.25, 0.3) is 0 Å². The smallest absolute Gasteiger partial charge is 0.136 e. The Kier molecular flexibility index (Phi) is 5.97. The van der Waals surface area contributed by atoms with Gasteiger partial charge < -0.3 is 10.2 Å². The molecule has 4 rings (SSSR count). The first-order valence-electron chi connectivity index (χ1n) is 12.9. The van der Waals surface area contributed by atoms with Crippen LogP contribution in [-0.4, -0.2) is 27.7 Å². The van der Waals surface area contributed by atoms with Crippen molar-refractivity contribution in [3.63, 3.8) is 0 Å². The predicted octanol–water partition coefficient (Wildman–Crippen LogP) is 5.76. The quantitative estimate of drug-likeness (QED) is 0.596. The molecule has 0 amide bonds. The average Bonchev–Trinajstić information content (AvgIpc) is 2.99. The van der Waals surface area contributed by atoms with Gasteiger partial charge in [0.25, 0.3) is 0 Å². The number of rotatable bonds is 5. The van der Waals surface area contributed by atoms with Gasteiger partial charge in [-0.1, -0.05) is 33.6 Å². The first-order valence-corrected chi connectivity index (χ1v) is 12.9. The summed E-state index contributed by atoms with van der Waals surface area (Å²) < 4.78 is 0. The molecular formula is C27H46O3. The second-order valence-electron chi connectivity index (χ2n) is 13.0. The molecule has 0 radical (unpaired) electrons. The summed E-state index contributed by atoms with van der Waals surface area (Å²) in [4.78, 5) is 13.5. The molecule has 3 heteroatoms. The molecule has 0 bridgehead atoms. The first-order chi connectivity index (χ1) is 14.0. The molecule has 2 N–H and O–H groups in total. The molecule has 9 atom stereocenters. The Morgan fingerprint density at radius 1 is 1.07 bits per heavy atom. The predicted molar refractivity (Wildman–Crippen MR) is 121 cm³/mol. The molecule has 0 aromatic rings. The van der Waals surface area contributed by atoms with E-state index in [0.717, 1.165) is 38.0 Å². The van der Waals surface area contributed by atoms with Gasteiger partial charge in [-0.05, 0) is 106 Å². The number of aliphatic hydroxyl groups excluding tert-OH is 1. The van der Waals surface area contributed by atoms with Crippen LogP contribution in [0.1, 0.15) is 105 Å². The van der Waals surface area contributed by atoms with Gasteiger partial charge in [-0.2, -0.15) is 0 Å². The second kappa shape index (κ2) is 7.87. The van der Waals surface area contributed by atoms with Crippen molar-refractivity contribution >= 4 is 5.78 Å². The van der Waals surface area contributed by atoms with Crippen molar-refractivity contribution in [3.05, 3.63) is 0 Å². The summed E-state index contributed by atoms with van der Waals surface area (Å²) in [5, 5.41) is 20.3. The number of carbonyl (C=O) groups is 1. The molecular weight excluding hydrogens is 372 g/mol. The molecule has 4 saturated carbocycles. The van der Waals surface area contributed by atoms with Crippen molar-refractivity contribution in [2.24, 2.45) is 46.3 Å². The van der Waals surface area contributed by atoms with E-state index in [2.05, 4.69) is 20.8 Å². The zero-order valence-corrected chi connectivity index (χ0v) is 20.1. The van der Waals surface area contributed by atoms with Gasteiger partial charge in [0.1, 0.15) is 5.78 Å². The fraction of sp³-hybridized carbons (Fsp3) is 0.963. The average molecular weight is 419 g/mol. The van der Waals surface area contributed by atoms with Gasteiger partial charge in [0.15, 0.2) is 0 Å². The lowest BCUT2D eigenvalue weighted by atomic mass is 9.44. The van der Waals surface area contributed by atoms with Crippen LogP contribution in [-0.2, 0) is 4.79 Å². The van der Waals surface area contributed by atoms with Gasteiger partial charge in [-0.3, -0.25) is 4.79 Å². The van der Waals surface area contributed by atoms with Crippen LogP contribution in [0.2, 0.25) is 0 Å². The lowest BCUT2D eigenvalue weighted by Crippen LogP contribution is -2.57. The fourth-order valence-electron chi connectivity index (χ4n) is 8.94.